The van der Waals surface area contributed by atoms with Gasteiger partial charge in [0.05, 0.1) is 11.8 Å². The number of aromatic nitrogens is 2. The van der Waals surface area contributed by atoms with E-state index in [0.717, 1.165) is 13.1 Å². The van der Waals surface area contributed by atoms with E-state index in [9.17, 15) is 0 Å². The summed E-state index contributed by atoms with van der Waals surface area (Å²) in [5, 5.41) is 22.7. The summed E-state index contributed by atoms with van der Waals surface area (Å²) >= 11 is 0. The van der Waals surface area contributed by atoms with Gasteiger partial charge in [0.15, 0.2) is 5.82 Å². The van der Waals surface area contributed by atoms with Gasteiger partial charge in [0.1, 0.15) is 6.07 Å². The van der Waals surface area contributed by atoms with E-state index in [0.29, 0.717) is 17.4 Å². The standard InChI is InChI=1S/C10H15N5/c1-8(2)12-5-6-13-10-9(7-11)3-4-14-15-10/h3-4,8,12H,5-6H2,1-2H3,(H,13,15). The first-order chi connectivity index (χ1) is 7.24. The lowest BCUT2D eigenvalue weighted by Crippen LogP contribution is -2.28. The molecular weight excluding hydrogens is 190 g/mol. The van der Waals surface area contributed by atoms with Crippen LogP contribution in [0.25, 0.3) is 0 Å². The molecule has 1 rings (SSSR count). The van der Waals surface area contributed by atoms with Crippen LogP contribution >= 0.6 is 0 Å². The Bertz CT molecular complexity index is 342. The number of anilines is 1. The molecule has 0 saturated carbocycles. The predicted molar refractivity (Wildman–Crippen MR) is 58.4 cm³/mol. The minimum absolute atomic E-state index is 0.462. The summed E-state index contributed by atoms with van der Waals surface area (Å²) in [5.74, 6) is 0.547. The highest BCUT2D eigenvalue weighted by molar-refractivity contribution is 5.49. The van der Waals surface area contributed by atoms with Crippen molar-refractivity contribution in [3.8, 4) is 6.07 Å². The van der Waals surface area contributed by atoms with Crippen molar-refractivity contribution in [2.45, 2.75) is 19.9 Å². The summed E-state index contributed by atoms with van der Waals surface area (Å²) in [6, 6.07) is 4.17. The molecule has 80 valence electrons. The number of hydrogen-bond acceptors (Lipinski definition) is 5. The normalized spacial score (nSPS) is 10.0. The number of nitriles is 1. The Morgan fingerprint density at radius 1 is 1.47 bits per heavy atom. The van der Waals surface area contributed by atoms with Gasteiger partial charge in [0.2, 0.25) is 0 Å². The quantitative estimate of drug-likeness (QED) is 0.694. The Hall–Kier alpha value is -1.67. The molecule has 0 aliphatic heterocycles. The van der Waals surface area contributed by atoms with Crippen molar-refractivity contribution in [3.63, 3.8) is 0 Å². The fraction of sp³-hybridized carbons (Fsp3) is 0.500. The molecule has 2 N–H and O–H groups in total. The number of nitrogens with zero attached hydrogens (tertiary/aromatic N) is 3. The zero-order valence-corrected chi connectivity index (χ0v) is 8.99. The summed E-state index contributed by atoms with van der Waals surface area (Å²) in [4.78, 5) is 0. The Morgan fingerprint density at radius 3 is 2.93 bits per heavy atom. The third kappa shape index (κ3) is 3.92. The van der Waals surface area contributed by atoms with Crippen molar-refractivity contribution < 1.29 is 0 Å². The lowest BCUT2D eigenvalue weighted by molar-refractivity contribution is 0.602. The van der Waals surface area contributed by atoms with Gasteiger partial charge >= 0.3 is 0 Å². The molecule has 0 unspecified atom stereocenters. The lowest BCUT2D eigenvalue weighted by atomic mass is 10.3. The van der Waals surface area contributed by atoms with E-state index in [4.69, 9.17) is 5.26 Å². The summed E-state index contributed by atoms with van der Waals surface area (Å²) < 4.78 is 0. The maximum Gasteiger partial charge on any atom is 0.166 e. The minimum atomic E-state index is 0.462. The fourth-order valence-corrected chi connectivity index (χ4v) is 1.09. The maximum atomic E-state index is 8.79. The smallest absolute Gasteiger partial charge is 0.166 e. The van der Waals surface area contributed by atoms with Crippen molar-refractivity contribution in [2.24, 2.45) is 0 Å². The van der Waals surface area contributed by atoms with Crippen LogP contribution in [-0.4, -0.2) is 29.3 Å². The van der Waals surface area contributed by atoms with E-state index >= 15 is 0 Å². The molecule has 0 saturated heterocycles. The van der Waals surface area contributed by atoms with Gasteiger partial charge in [-0.15, -0.1) is 5.10 Å². The van der Waals surface area contributed by atoms with E-state index < -0.39 is 0 Å². The number of hydrogen-bond donors (Lipinski definition) is 2. The SMILES string of the molecule is CC(C)NCCNc1nnccc1C#N. The summed E-state index contributed by atoms with van der Waals surface area (Å²) in [6.45, 7) is 5.73. The molecule has 1 aromatic heterocycles. The van der Waals surface area contributed by atoms with Gasteiger partial charge in [-0.2, -0.15) is 10.4 Å². The maximum absolute atomic E-state index is 8.79. The Kier molecular flexibility index (Phi) is 4.51. The highest BCUT2D eigenvalue weighted by Crippen LogP contribution is 2.06. The van der Waals surface area contributed by atoms with Gasteiger partial charge in [0.25, 0.3) is 0 Å². The zero-order chi connectivity index (χ0) is 11.1. The monoisotopic (exact) mass is 205 g/mol. The second-order valence-electron chi connectivity index (χ2n) is 3.44. The van der Waals surface area contributed by atoms with Crippen LogP contribution < -0.4 is 10.6 Å². The van der Waals surface area contributed by atoms with Gasteiger partial charge in [-0.05, 0) is 6.07 Å². The topological polar surface area (TPSA) is 73.6 Å². The Balaban J connectivity index is 2.41. The van der Waals surface area contributed by atoms with E-state index in [2.05, 4.69) is 40.7 Å². The van der Waals surface area contributed by atoms with Crippen molar-refractivity contribution in [3.05, 3.63) is 17.8 Å². The van der Waals surface area contributed by atoms with E-state index in [1.165, 1.54) is 6.20 Å². The van der Waals surface area contributed by atoms with Crippen LogP contribution in [0, 0.1) is 11.3 Å². The minimum Gasteiger partial charge on any atom is -0.366 e. The molecule has 0 fully saturated rings. The number of rotatable bonds is 5. The molecule has 5 heteroatoms. The highest BCUT2D eigenvalue weighted by Gasteiger charge is 2.01. The lowest BCUT2D eigenvalue weighted by Gasteiger charge is -2.09. The second-order valence-corrected chi connectivity index (χ2v) is 3.44. The van der Waals surface area contributed by atoms with E-state index in [1.54, 1.807) is 6.07 Å². The molecule has 5 nitrogen and oxygen atoms in total. The first-order valence-electron chi connectivity index (χ1n) is 4.93. The summed E-state index contributed by atoms with van der Waals surface area (Å²) in [6.07, 6.45) is 1.51. The van der Waals surface area contributed by atoms with Gasteiger partial charge in [-0.1, -0.05) is 13.8 Å². The molecule has 0 radical (unpaired) electrons. The molecule has 0 amide bonds. The van der Waals surface area contributed by atoms with Crippen LogP contribution in [0.4, 0.5) is 5.82 Å². The van der Waals surface area contributed by atoms with E-state index in [-0.39, 0.29) is 0 Å². The molecule has 0 atom stereocenters. The largest absolute Gasteiger partial charge is 0.366 e. The molecule has 1 aromatic rings. The summed E-state index contributed by atoms with van der Waals surface area (Å²) in [7, 11) is 0. The predicted octanol–water partition coefficient (Wildman–Crippen LogP) is 0.758. The Morgan fingerprint density at radius 2 is 2.27 bits per heavy atom. The average Bonchev–Trinajstić information content (AvgIpc) is 2.24. The van der Waals surface area contributed by atoms with Crippen LogP contribution in [0.15, 0.2) is 12.3 Å². The highest BCUT2D eigenvalue weighted by atomic mass is 15.2. The van der Waals surface area contributed by atoms with Crippen LogP contribution in [0.2, 0.25) is 0 Å². The first-order valence-corrected chi connectivity index (χ1v) is 4.93. The van der Waals surface area contributed by atoms with Crippen LogP contribution in [0.1, 0.15) is 19.4 Å². The molecule has 1 heterocycles. The molecule has 0 aliphatic carbocycles. The molecule has 0 bridgehead atoms. The van der Waals surface area contributed by atoms with Gasteiger partial charge in [0, 0.05) is 19.1 Å². The molecule has 0 aromatic carbocycles. The molecule has 0 aliphatic rings. The van der Waals surface area contributed by atoms with Crippen molar-refractivity contribution in [1.29, 1.82) is 5.26 Å². The van der Waals surface area contributed by atoms with Crippen LogP contribution in [-0.2, 0) is 0 Å². The first kappa shape index (κ1) is 11.4. The van der Waals surface area contributed by atoms with Gasteiger partial charge in [-0.25, -0.2) is 0 Å². The second kappa shape index (κ2) is 5.94. The van der Waals surface area contributed by atoms with Gasteiger partial charge in [-0.3, -0.25) is 0 Å². The van der Waals surface area contributed by atoms with Crippen LogP contribution in [0.5, 0.6) is 0 Å². The van der Waals surface area contributed by atoms with Gasteiger partial charge < -0.3 is 10.6 Å². The third-order valence-corrected chi connectivity index (χ3v) is 1.81. The third-order valence-electron chi connectivity index (χ3n) is 1.81. The fourth-order valence-electron chi connectivity index (χ4n) is 1.09. The molecule has 15 heavy (non-hydrogen) atoms. The molecule has 0 spiro atoms. The van der Waals surface area contributed by atoms with E-state index in [1.807, 2.05) is 0 Å². The van der Waals surface area contributed by atoms with Crippen molar-refractivity contribution in [1.82, 2.24) is 15.5 Å². The zero-order valence-electron chi connectivity index (χ0n) is 8.99. The van der Waals surface area contributed by atoms with Crippen molar-refractivity contribution in [2.75, 3.05) is 18.4 Å². The van der Waals surface area contributed by atoms with Crippen molar-refractivity contribution >= 4 is 5.82 Å². The van der Waals surface area contributed by atoms with Crippen LogP contribution in [0.3, 0.4) is 0 Å². The average molecular weight is 205 g/mol. The molecular formula is C10H15N5. The number of nitrogens with one attached hydrogen (secondary N) is 2. The summed E-state index contributed by atoms with van der Waals surface area (Å²) in [5.41, 5.74) is 0.523. The Labute approximate surface area is 89.5 Å².